The quantitative estimate of drug-likeness (QED) is 0.216. The third-order valence-corrected chi connectivity index (χ3v) is 7.31. The number of para-hydroxylation sites is 1. The van der Waals surface area contributed by atoms with Crippen molar-refractivity contribution in [3.63, 3.8) is 0 Å². The van der Waals surface area contributed by atoms with E-state index in [2.05, 4.69) is 9.19 Å². The molecular formula is C22H17AsClNO7. The normalized spacial score (nSPS) is 13.8. The van der Waals surface area contributed by atoms with Gasteiger partial charge in [-0.05, 0) is 18.2 Å². The third kappa shape index (κ3) is 4.90. The van der Waals surface area contributed by atoms with Gasteiger partial charge in [-0.2, -0.15) is 0 Å². The fourth-order valence-corrected chi connectivity index (χ4v) is 4.98. The van der Waals surface area contributed by atoms with Crippen LogP contribution in [0.25, 0.3) is 0 Å². The van der Waals surface area contributed by atoms with Gasteiger partial charge in [-0.3, -0.25) is 9.59 Å². The molecule has 0 heterocycles. The molecule has 8 nitrogen and oxygen atoms in total. The molecule has 3 aromatic rings. The molecule has 0 aromatic heterocycles. The van der Waals surface area contributed by atoms with Gasteiger partial charge in [-0.1, -0.05) is 35.9 Å². The van der Waals surface area contributed by atoms with Crippen molar-refractivity contribution in [2.24, 2.45) is 0 Å². The molecule has 1 aliphatic rings. The minimum Gasteiger partial charge on any atom is -0.289 e. The van der Waals surface area contributed by atoms with E-state index in [0.29, 0.717) is 27.3 Å². The smallest absolute Gasteiger partial charge is 0.194 e. The topological polar surface area (TPSA) is 130 Å². The Morgan fingerprint density at radius 3 is 2.03 bits per heavy atom. The molecule has 3 aromatic carbocycles. The monoisotopic (exact) mass is 517 g/mol. The first-order chi connectivity index (χ1) is 15.2. The molecule has 1 amide bonds. The molecular weight excluding hydrogens is 501 g/mol. The van der Waals surface area contributed by atoms with E-state index in [9.17, 15) is 22.2 Å². The number of carbonyl (C=O) groups excluding carboxylic acids is 3. The Balaban J connectivity index is 0.000000183. The van der Waals surface area contributed by atoms with Crippen LogP contribution >= 0.6 is 11.6 Å². The van der Waals surface area contributed by atoms with E-state index >= 15 is 0 Å². The molecule has 32 heavy (non-hydrogen) atoms. The van der Waals surface area contributed by atoms with Crippen LogP contribution in [0, 0.1) is 0 Å². The number of carbonyl (C=O) groups is 3. The number of rotatable bonds is 3. The summed E-state index contributed by atoms with van der Waals surface area (Å²) in [5.41, 5.74) is 1.89. The van der Waals surface area contributed by atoms with Gasteiger partial charge in [0.05, 0.1) is 0 Å². The minimum atomic E-state index is -4.92. The van der Waals surface area contributed by atoms with Gasteiger partial charge in [-0.25, -0.2) is 0 Å². The number of nitrogens with one attached hydrogen (secondary N) is 1. The van der Waals surface area contributed by atoms with Crippen molar-refractivity contribution in [2.75, 3.05) is 5.32 Å². The predicted molar refractivity (Wildman–Crippen MR) is 118 cm³/mol. The Labute approximate surface area is 190 Å². The number of hydrogen-bond donors (Lipinski definition) is 3. The maximum atomic E-state index is 12.2. The van der Waals surface area contributed by atoms with Crippen LogP contribution in [0.4, 0.5) is 5.69 Å². The van der Waals surface area contributed by atoms with Gasteiger partial charge in [0.25, 0.3) is 0 Å². The first-order valence-electron chi connectivity index (χ1n) is 9.17. The molecule has 0 saturated heterocycles. The molecule has 10 heteroatoms. The van der Waals surface area contributed by atoms with Crippen LogP contribution in [0.1, 0.15) is 38.8 Å². The molecule has 164 valence electrons. The average Bonchev–Trinajstić information content (AvgIpc) is 2.78. The molecule has 3 N–H and O–H groups in total. The second-order valence-electron chi connectivity index (χ2n) is 6.69. The molecule has 1 unspecified atom stereocenters. The van der Waals surface area contributed by atoms with Crippen molar-refractivity contribution in [1.82, 2.24) is 0 Å². The summed E-state index contributed by atoms with van der Waals surface area (Å²) in [4.78, 5) is 35.2. The van der Waals surface area contributed by atoms with E-state index in [-0.39, 0.29) is 27.5 Å². The first kappa shape index (κ1) is 23.7. The summed E-state index contributed by atoms with van der Waals surface area (Å²) < 4.78 is 24.1. The van der Waals surface area contributed by atoms with Gasteiger partial charge >= 0.3 is 88.4 Å². The molecule has 4 rings (SSSR count). The number of hydrogen-bond acceptors (Lipinski definition) is 6. The Kier molecular flexibility index (Phi) is 7.13. The number of fused-ring (bicyclic) bond motifs is 2. The van der Waals surface area contributed by atoms with E-state index in [4.69, 9.17) is 16.9 Å². The van der Waals surface area contributed by atoms with Gasteiger partial charge in [0.2, 0.25) is 0 Å². The molecule has 0 spiro atoms. The van der Waals surface area contributed by atoms with Gasteiger partial charge in [0, 0.05) is 27.3 Å². The zero-order chi connectivity index (χ0) is 23.5. The zero-order valence-electron chi connectivity index (χ0n) is 16.6. The standard InChI is InChI=1S/C14H7ClO2.C8H10AsNO5/c15-8-5-6-11-12(7-8)14(17)10-4-2-1-3-9(10)13(11)16;1-6(11)10-8-5-3-2-4-7(8)9(12,13)15-14/h1-7H;2-5,14H,1H3,(H,10,11)(H,12,13). The fourth-order valence-electron chi connectivity index (χ4n) is 3.13. The Morgan fingerprint density at radius 1 is 0.906 bits per heavy atom. The summed E-state index contributed by atoms with van der Waals surface area (Å²) in [5, 5.41) is 11.1. The maximum Gasteiger partial charge on any atom is 0.194 e. The Morgan fingerprint density at radius 2 is 1.44 bits per heavy atom. The summed E-state index contributed by atoms with van der Waals surface area (Å²) in [7, 11) is 0. The van der Waals surface area contributed by atoms with E-state index in [1.54, 1.807) is 48.5 Å². The summed E-state index contributed by atoms with van der Waals surface area (Å²) in [6.45, 7) is 1.27. The third-order valence-electron chi connectivity index (χ3n) is 4.52. The van der Waals surface area contributed by atoms with E-state index in [1.807, 2.05) is 0 Å². The van der Waals surface area contributed by atoms with Crippen LogP contribution in [0.3, 0.4) is 0 Å². The summed E-state index contributed by atoms with van der Waals surface area (Å²) in [6, 6.07) is 17.5. The van der Waals surface area contributed by atoms with Crippen molar-refractivity contribution >= 4 is 53.3 Å². The number of anilines is 1. The fraction of sp³-hybridized carbons (Fsp3) is 0.0455. The van der Waals surface area contributed by atoms with Gasteiger partial charge in [0.15, 0.2) is 11.6 Å². The van der Waals surface area contributed by atoms with E-state index in [1.165, 1.54) is 25.1 Å². The minimum absolute atomic E-state index is 0.103. The SMILES string of the molecule is CC(=O)Nc1ccccc1[As](=O)(O)OO.O=C1c2ccccc2C(=O)c2cc(Cl)ccc21. The zero-order valence-corrected chi connectivity index (χ0v) is 19.2. The number of benzene rings is 3. The van der Waals surface area contributed by atoms with Crippen molar-refractivity contribution in [3.05, 3.63) is 94.0 Å². The van der Waals surface area contributed by atoms with Crippen molar-refractivity contribution < 1.29 is 31.4 Å². The van der Waals surface area contributed by atoms with Crippen LogP contribution in [0.15, 0.2) is 66.7 Å². The molecule has 0 bridgehead atoms. The second-order valence-corrected chi connectivity index (χ2v) is 10.7. The second kappa shape index (κ2) is 9.65. The number of amides is 1. The van der Waals surface area contributed by atoms with Crippen LogP contribution in [0.5, 0.6) is 0 Å². The van der Waals surface area contributed by atoms with Crippen LogP contribution in [0.2, 0.25) is 5.02 Å². The average molecular weight is 518 g/mol. The van der Waals surface area contributed by atoms with Crippen LogP contribution < -0.4 is 9.67 Å². The molecule has 0 radical (unpaired) electrons. The van der Waals surface area contributed by atoms with Crippen LogP contribution in [-0.4, -0.2) is 41.0 Å². The van der Waals surface area contributed by atoms with Crippen molar-refractivity contribution in [2.45, 2.75) is 6.92 Å². The van der Waals surface area contributed by atoms with E-state index < -0.39 is 14.2 Å². The number of ketones is 2. The van der Waals surface area contributed by atoms with Gasteiger partial charge < -0.3 is 0 Å². The largest absolute Gasteiger partial charge is 0.289 e. The van der Waals surface area contributed by atoms with E-state index in [0.717, 1.165) is 0 Å². The molecule has 0 aliphatic heterocycles. The van der Waals surface area contributed by atoms with Crippen molar-refractivity contribution in [1.29, 1.82) is 0 Å². The summed E-state index contributed by atoms with van der Waals surface area (Å²) in [5.74, 6) is -0.638. The number of halogens is 1. The first-order valence-corrected chi connectivity index (χ1v) is 12.9. The molecule has 1 atom stereocenters. The Bertz CT molecular complexity index is 1270. The van der Waals surface area contributed by atoms with Gasteiger partial charge in [-0.15, -0.1) is 0 Å². The Hall–Kier alpha value is -3.00. The van der Waals surface area contributed by atoms with Crippen LogP contribution in [-0.2, 0) is 12.4 Å². The summed E-state index contributed by atoms with van der Waals surface area (Å²) >= 11 is 0.929. The molecule has 0 fully saturated rings. The molecule has 1 aliphatic carbocycles. The maximum absolute atomic E-state index is 12.2. The summed E-state index contributed by atoms with van der Waals surface area (Å²) in [6.07, 6.45) is 0. The van der Waals surface area contributed by atoms with Crippen molar-refractivity contribution in [3.8, 4) is 0 Å². The predicted octanol–water partition coefficient (Wildman–Crippen LogP) is 2.82. The molecule has 0 saturated carbocycles. The van der Waals surface area contributed by atoms with Gasteiger partial charge in [0.1, 0.15) is 0 Å².